The second kappa shape index (κ2) is 7.91. The lowest BCUT2D eigenvalue weighted by molar-refractivity contribution is -0.0229. The molecule has 3 atom stereocenters. The van der Waals surface area contributed by atoms with Crippen LogP contribution in [0.25, 0.3) is 0 Å². The molecule has 0 amide bonds. The van der Waals surface area contributed by atoms with E-state index in [1.807, 2.05) is 19.1 Å². The second-order valence-electron chi connectivity index (χ2n) is 7.46. The number of β-amino-alcohol motifs (C(OH)–C–C–N with tert-alkyl or cyclic N) is 1. The van der Waals surface area contributed by atoms with E-state index in [-0.39, 0.29) is 5.82 Å². The Labute approximate surface area is 144 Å². The van der Waals surface area contributed by atoms with Crippen LogP contribution in [0.1, 0.15) is 37.7 Å². The van der Waals surface area contributed by atoms with Gasteiger partial charge in [-0.1, -0.05) is 18.6 Å². The van der Waals surface area contributed by atoms with E-state index in [4.69, 9.17) is 4.74 Å². The largest absolute Gasteiger partial charge is 0.388 e. The predicted octanol–water partition coefficient (Wildman–Crippen LogP) is 2.13. The third kappa shape index (κ3) is 4.76. The van der Waals surface area contributed by atoms with Crippen molar-refractivity contribution in [2.24, 2.45) is 0 Å². The van der Waals surface area contributed by atoms with Gasteiger partial charge in [0.25, 0.3) is 0 Å². The third-order valence-corrected chi connectivity index (χ3v) is 5.23. The molecule has 2 fully saturated rings. The van der Waals surface area contributed by atoms with Crippen LogP contribution in [0.3, 0.4) is 0 Å². The fourth-order valence-corrected chi connectivity index (χ4v) is 3.96. The smallest absolute Gasteiger partial charge is 0.123 e. The Balaban J connectivity index is 1.53. The summed E-state index contributed by atoms with van der Waals surface area (Å²) in [4.78, 5) is 2.26. The fourth-order valence-electron chi connectivity index (χ4n) is 3.96. The van der Waals surface area contributed by atoms with Gasteiger partial charge in [-0.15, -0.1) is 0 Å². The molecule has 1 aromatic rings. The zero-order chi connectivity index (χ0) is 17.0. The van der Waals surface area contributed by atoms with Crippen molar-refractivity contribution in [3.8, 4) is 0 Å². The average Bonchev–Trinajstić information content (AvgIpc) is 3.03. The Bertz CT molecular complexity index is 515. The zero-order valence-corrected chi connectivity index (χ0v) is 14.5. The van der Waals surface area contributed by atoms with E-state index in [1.165, 1.54) is 12.0 Å². The van der Waals surface area contributed by atoms with E-state index in [2.05, 4.69) is 10.2 Å². The number of benzene rings is 1. The molecule has 3 rings (SSSR count). The highest BCUT2D eigenvalue weighted by molar-refractivity contribution is 5.23. The lowest BCUT2D eigenvalue weighted by atomic mass is 9.93. The molecule has 2 N–H and O–H groups in total. The first-order chi connectivity index (χ1) is 11.5. The van der Waals surface area contributed by atoms with Gasteiger partial charge in [0.15, 0.2) is 0 Å². The highest BCUT2D eigenvalue weighted by Gasteiger charge is 2.31. The molecule has 1 saturated heterocycles. The molecule has 4 nitrogen and oxygen atoms in total. The van der Waals surface area contributed by atoms with Gasteiger partial charge in [-0.3, -0.25) is 4.90 Å². The molecule has 1 aliphatic heterocycles. The van der Waals surface area contributed by atoms with Crippen LogP contribution in [0, 0.1) is 5.82 Å². The number of aliphatic hydroxyl groups is 1. The SMILES string of the molecule is CC(O)(CNC1CCCC1c1ccc(F)cc1)CN1CCOCC1. The molecule has 2 aliphatic rings. The topological polar surface area (TPSA) is 44.7 Å². The third-order valence-electron chi connectivity index (χ3n) is 5.23. The molecule has 1 aliphatic carbocycles. The van der Waals surface area contributed by atoms with E-state index in [0.29, 0.717) is 25.0 Å². The van der Waals surface area contributed by atoms with Crippen molar-refractivity contribution in [3.05, 3.63) is 35.6 Å². The van der Waals surface area contributed by atoms with E-state index in [1.54, 1.807) is 12.1 Å². The summed E-state index contributed by atoms with van der Waals surface area (Å²) in [7, 11) is 0. The van der Waals surface area contributed by atoms with Crippen LogP contribution in [0.2, 0.25) is 0 Å². The van der Waals surface area contributed by atoms with Crippen molar-refractivity contribution in [1.29, 1.82) is 0 Å². The quantitative estimate of drug-likeness (QED) is 0.835. The molecule has 1 aromatic carbocycles. The number of nitrogens with one attached hydrogen (secondary N) is 1. The highest BCUT2D eigenvalue weighted by atomic mass is 19.1. The van der Waals surface area contributed by atoms with Gasteiger partial charge in [-0.2, -0.15) is 0 Å². The average molecular weight is 336 g/mol. The second-order valence-corrected chi connectivity index (χ2v) is 7.46. The van der Waals surface area contributed by atoms with Crippen molar-refractivity contribution in [3.63, 3.8) is 0 Å². The monoisotopic (exact) mass is 336 g/mol. The normalized spacial score (nSPS) is 28.0. The van der Waals surface area contributed by atoms with Crippen molar-refractivity contribution in [1.82, 2.24) is 10.2 Å². The Morgan fingerprint density at radius 2 is 1.96 bits per heavy atom. The molecule has 24 heavy (non-hydrogen) atoms. The molecule has 0 spiro atoms. The summed E-state index contributed by atoms with van der Waals surface area (Å²) in [5.74, 6) is 0.222. The minimum Gasteiger partial charge on any atom is -0.388 e. The minimum absolute atomic E-state index is 0.185. The summed E-state index contributed by atoms with van der Waals surface area (Å²) in [5, 5.41) is 14.3. The van der Waals surface area contributed by atoms with Gasteiger partial charge in [0.05, 0.1) is 18.8 Å². The molecule has 134 valence electrons. The molecular formula is C19H29FN2O2. The van der Waals surface area contributed by atoms with Gasteiger partial charge < -0.3 is 15.2 Å². The molecule has 3 unspecified atom stereocenters. The molecule has 1 saturated carbocycles. The van der Waals surface area contributed by atoms with Gasteiger partial charge in [0, 0.05) is 32.2 Å². The maximum absolute atomic E-state index is 13.1. The first-order valence-corrected chi connectivity index (χ1v) is 9.05. The number of hydrogen-bond donors (Lipinski definition) is 2. The molecular weight excluding hydrogens is 307 g/mol. The number of rotatable bonds is 6. The zero-order valence-electron chi connectivity index (χ0n) is 14.5. The van der Waals surface area contributed by atoms with Crippen molar-refractivity contribution in [2.75, 3.05) is 39.4 Å². The Hall–Kier alpha value is -1.01. The molecule has 0 radical (unpaired) electrons. The van der Waals surface area contributed by atoms with Crippen LogP contribution >= 0.6 is 0 Å². The number of halogens is 1. The van der Waals surface area contributed by atoms with Crippen molar-refractivity contribution >= 4 is 0 Å². The molecule has 5 heteroatoms. The van der Waals surface area contributed by atoms with Gasteiger partial charge in [0.1, 0.15) is 5.82 Å². The first-order valence-electron chi connectivity index (χ1n) is 9.05. The van der Waals surface area contributed by atoms with Crippen LogP contribution in [0.15, 0.2) is 24.3 Å². The summed E-state index contributed by atoms with van der Waals surface area (Å²) in [6.07, 6.45) is 3.40. The Morgan fingerprint density at radius 3 is 2.67 bits per heavy atom. The Morgan fingerprint density at radius 1 is 1.25 bits per heavy atom. The van der Waals surface area contributed by atoms with Crippen LogP contribution in [0.5, 0.6) is 0 Å². The van der Waals surface area contributed by atoms with E-state index in [9.17, 15) is 9.50 Å². The minimum atomic E-state index is -0.757. The van der Waals surface area contributed by atoms with Gasteiger partial charge >= 0.3 is 0 Å². The number of nitrogens with zero attached hydrogens (tertiary/aromatic N) is 1. The summed E-state index contributed by atoms with van der Waals surface area (Å²) in [5.41, 5.74) is 0.437. The van der Waals surface area contributed by atoms with Crippen molar-refractivity contribution in [2.45, 2.75) is 43.7 Å². The van der Waals surface area contributed by atoms with Gasteiger partial charge in [-0.25, -0.2) is 4.39 Å². The fraction of sp³-hybridized carbons (Fsp3) is 0.684. The summed E-state index contributed by atoms with van der Waals surface area (Å²) >= 11 is 0. The number of hydrogen-bond acceptors (Lipinski definition) is 4. The maximum Gasteiger partial charge on any atom is 0.123 e. The summed E-state index contributed by atoms with van der Waals surface area (Å²) in [6, 6.07) is 7.22. The van der Waals surface area contributed by atoms with Crippen molar-refractivity contribution < 1.29 is 14.2 Å². The molecule has 1 heterocycles. The van der Waals surface area contributed by atoms with E-state index < -0.39 is 5.60 Å². The van der Waals surface area contributed by atoms with Crippen LogP contribution in [-0.4, -0.2) is 61.0 Å². The highest BCUT2D eigenvalue weighted by Crippen LogP contribution is 2.34. The number of morpholine rings is 1. The summed E-state index contributed by atoms with van der Waals surface area (Å²) in [6.45, 7) is 6.41. The van der Waals surface area contributed by atoms with Crippen LogP contribution in [0.4, 0.5) is 4.39 Å². The van der Waals surface area contributed by atoms with Gasteiger partial charge in [-0.05, 0) is 43.4 Å². The van der Waals surface area contributed by atoms with E-state index in [0.717, 1.165) is 39.1 Å². The molecule has 0 aromatic heterocycles. The standard InChI is InChI=1S/C19H29FN2O2/c1-19(23,14-22-9-11-24-12-10-22)13-21-18-4-2-3-17(18)15-5-7-16(20)8-6-15/h5-8,17-18,21,23H,2-4,9-14H2,1H3. The van der Waals surface area contributed by atoms with Crippen LogP contribution < -0.4 is 5.32 Å². The molecule has 0 bridgehead atoms. The van der Waals surface area contributed by atoms with E-state index >= 15 is 0 Å². The lowest BCUT2D eigenvalue weighted by Crippen LogP contribution is -2.52. The maximum atomic E-state index is 13.1. The number of ether oxygens (including phenoxy) is 1. The van der Waals surface area contributed by atoms with Crippen LogP contribution in [-0.2, 0) is 4.74 Å². The predicted molar refractivity (Wildman–Crippen MR) is 92.7 cm³/mol. The first kappa shape index (κ1) is 17.8. The Kier molecular flexibility index (Phi) is 5.87. The lowest BCUT2D eigenvalue weighted by Gasteiger charge is -2.35. The van der Waals surface area contributed by atoms with Gasteiger partial charge in [0.2, 0.25) is 0 Å². The summed E-state index contributed by atoms with van der Waals surface area (Å²) < 4.78 is 18.5.